The molecule has 0 radical (unpaired) electrons. The molecule has 0 unspecified atom stereocenters. The van der Waals surface area contributed by atoms with Crippen molar-refractivity contribution >= 4 is 49.4 Å². The van der Waals surface area contributed by atoms with Crippen molar-refractivity contribution in [3.05, 3.63) is 51.4 Å². The molecule has 2 aromatic heterocycles. The number of aromatic nitrogens is 1. The van der Waals surface area contributed by atoms with Crippen LogP contribution >= 0.6 is 27.3 Å². The molecule has 0 amide bonds. The number of hydrogen-bond donors (Lipinski definition) is 1. The number of anilines is 2. The first-order valence-corrected chi connectivity index (χ1v) is 7.88. The highest BCUT2D eigenvalue weighted by Crippen LogP contribution is 2.31. The number of fused-ring (bicyclic) bond motifs is 1. The lowest BCUT2D eigenvalue weighted by Gasteiger charge is -2.21. The van der Waals surface area contributed by atoms with E-state index in [0.717, 1.165) is 32.5 Å². The number of halogens is 1. The summed E-state index contributed by atoms with van der Waals surface area (Å²) >= 11 is 5.19. The number of nitrogen functional groups attached to an aromatic ring is 1. The van der Waals surface area contributed by atoms with Crippen LogP contribution in [-0.4, -0.2) is 12.0 Å². The molecule has 0 saturated heterocycles. The molecule has 2 N–H and O–H groups in total. The molecule has 102 valence electrons. The fourth-order valence-electron chi connectivity index (χ4n) is 2.30. The number of nitrogens with two attached hydrogens (primary N) is 1. The first kappa shape index (κ1) is 13.4. The normalized spacial score (nSPS) is 10.9. The molecule has 3 rings (SSSR count). The summed E-state index contributed by atoms with van der Waals surface area (Å²) in [6, 6.07) is 8.22. The molecule has 1 aromatic carbocycles. The number of benzene rings is 1. The summed E-state index contributed by atoms with van der Waals surface area (Å²) in [4.78, 5) is 6.30. The average molecular weight is 348 g/mol. The number of rotatable bonds is 3. The first-order valence-electron chi connectivity index (χ1n) is 6.21. The Morgan fingerprint density at radius 2 is 2.20 bits per heavy atom. The van der Waals surface area contributed by atoms with Crippen molar-refractivity contribution in [1.82, 2.24) is 4.98 Å². The lowest BCUT2D eigenvalue weighted by molar-refractivity contribution is 0.930. The Hall–Kier alpha value is -1.59. The van der Waals surface area contributed by atoms with Crippen LogP contribution in [0.2, 0.25) is 0 Å². The summed E-state index contributed by atoms with van der Waals surface area (Å²) in [5, 5.41) is 4.28. The highest BCUT2D eigenvalue weighted by Gasteiger charge is 2.10. The van der Waals surface area contributed by atoms with Crippen molar-refractivity contribution < 1.29 is 0 Å². The lowest BCUT2D eigenvalue weighted by Crippen LogP contribution is -2.17. The van der Waals surface area contributed by atoms with Crippen LogP contribution < -0.4 is 10.6 Å². The third-order valence-electron chi connectivity index (χ3n) is 3.29. The highest BCUT2D eigenvalue weighted by atomic mass is 79.9. The van der Waals surface area contributed by atoms with E-state index in [1.165, 1.54) is 5.56 Å². The monoisotopic (exact) mass is 347 g/mol. The van der Waals surface area contributed by atoms with E-state index in [2.05, 4.69) is 56.4 Å². The summed E-state index contributed by atoms with van der Waals surface area (Å²) in [6.07, 6.45) is 3.62. The zero-order valence-electron chi connectivity index (χ0n) is 11.0. The van der Waals surface area contributed by atoms with Gasteiger partial charge in [-0.25, -0.2) is 0 Å². The van der Waals surface area contributed by atoms with Gasteiger partial charge in [0.15, 0.2) is 0 Å². The minimum absolute atomic E-state index is 0.807. The molecule has 0 aliphatic carbocycles. The maximum Gasteiger partial charge on any atom is 0.0701 e. The van der Waals surface area contributed by atoms with Crippen LogP contribution in [-0.2, 0) is 6.54 Å². The number of thiophene rings is 1. The van der Waals surface area contributed by atoms with Gasteiger partial charge in [-0.1, -0.05) is 6.07 Å². The smallest absolute Gasteiger partial charge is 0.0701 e. The van der Waals surface area contributed by atoms with Crippen molar-refractivity contribution in [2.45, 2.75) is 6.54 Å². The zero-order chi connectivity index (χ0) is 14.1. The van der Waals surface area contributed by atoms with Gasteiger partial charge in [0.25, 0.3) is 0 Å². The predicted molar refractivity (Wildman–Crippen MR) is 90.3 cm³/mol. The molecule has 0 bridgehead atoms. The van der Waals surface area contributed by atoms with Crippen molar-refractivity contribution in [3.63, 3.8) is 0 Å². The van der Waals surface area contributed by atoms with Crippen molar-refractivity contribution in [2.24, 2.45) is 0 Å². The van der Waals surface area contributed by atoms with E-state index in [0.29, 0.717) is 0 Å². The van der Waals surface area contributed by atoms with E-state index in [9.17, 15) is 0 Å². The van der Waals surface area contributed by atoms with Gasteiger partial charge < -0.3 is 10.6 Å². The molecule has 0 fully saturated rings. The molecule has 0 aliphatic rings. The van der Waals surface area contributed by atoms with Gasteiger partial charge in [-0.05, 0) is 45.1 Å². The van der Waals surface area contributed by atoms with Crippen LogP contribution in [0.15, 0.2) is 45.8 Å². The summed E-state index contributed by atoms with van der Waals surface area (Å²) in [5.41, 5.74) is 9.43. The molecule has 0 atom stereocenters. The van der Waals surface area contributed by atoms with E-state index in [-0.39, 0.29) is 0 Å². The van der Waals surface area contributed by atoms with Gasteiger partial charge in [0.1, 0.15) is 0 Å². The Morgan fingerprint density at radius 3 is 2.95 bits per heavy atom. The van der Waals surface area contributed by atoms with Gasteiger partial charge in [0, 0.05) is 36.8 Å². The Kier molecular flexibility index (Phi) is 3.63. The quantitative estimate of drug-likeness (QED) is 0.719. The number of nitrogens with zero attached hydrogens (tertiary/aromatic N) is 2. The van der Waals surface area contributed by atoms with E-state index >= 15 is 0 Å². The van der Waals surface area contributed by atoms with Gasteiger partial charge in [-0.15, -0.1) is 11.3 Å². The first-order chi connectivity index (χ1) is 9.65. The molecule has 20 heavy (non-hydrogen) atoms. The summed E-state index contributed by atoms with van der Waals surface area (Å²) in [7, 11) is 2.06. The number of pyridine rings is 1. The van der Waals surface area contributed by atoms with E-state index in [1.54, 1.807) is 17.5 Å². The van der Waals surface area contributed by atoms with E-state index in [4.69, 9.17) is 5.73 Å². The van der Waals surface area contributed by atoms with Crippen LogP contribution in [0, 0.1) is 0 Å². The van der Waals surface area contributed by atoms with Crippen molar-refractivity contribution in [2.75, 3.05) is 17.7 Å². The Labute approximate surface area is 130 Å². The van der Waals surface area contributed by atoms with Gasteiger partial charge in [0.2, 0.25) is 0 Å². The molecular weight excluding hydrogens is 334 g/mol. The third kappa shape index (κ3) is 2.51. The fraction of sp³-hybridized carbons (Fsp3) is 0.133. The summed E-state index contributed by atoms with van der Waals surface area (Å²) < 4.78 is 1.15. The SMILES string of the molecule is CN(Cc1csc(Br)c1)c1ccc2cnccc2c1N. The van der Waals surface area contributed by atoms with Crippen LogP contribution in [0.3, 0.4) is 0 Å². The van der Waals surface area contributed by atoms with E-state index in [1.807, 2.05) is 12.3 Å². The minimum atomic E-state index is 0.807. The topological polar surface area (TPSA) is 42.2 Å². The maximum absolute atomic E-state index is 6.30. The van der Waals surface area contributed by atoms with Gasteiger partial charge in [0.05, 0.1) is 15.2 Å². The van der Waals surface area contributed by atoms with Gasteiger partial charge in [-0.2, -0.15) is 0 Å². The predicted octanol–water partition coefficient (Wildman–Crippen LogP) is 4.28. The van der Waals surface area contributed by atoms with Crippen LogP contribution in [0.25, 0.3) is 10.8 Å². The van der Waals surface area contributed by atoms with Crippen LogP contribution in [0.1, 0.15) is 5.56 Å². The average Bonchev–Trinajstić information content (AvgIpc) is 2.84. The molecule has 3 nitrogen and oxygen atoms in total. The molecule has 3 aromatic rings. The maximum atomic E-state index is 6.30. The minimum Gasteiger partial charge on any atom is -0.397 e. The molecule has 5 heteroatoms. The second kappa shape index (κ2) is 5.42. The van der Waals surface area contributed by atoms with Crippen LogP contribution in [0.4, 0.5) is 11.4 Å². The largest absolute Gasteiger partial charge is 0.397 e. The zero-order valence-corrected chi connectivity index (χ0v) is 13.4. The summed E-state index contributed by atoms with van der Waals surface area (Å²) in [6.45, 7) is 0.836. The molecule has 0 aliphatic heterocycles. The van der Waals surface area contributed by atoms with Crippen molar-refractivity contribution in [3.8, 4) is 0 Å². The van der Waals surface area contributed by atoms with Gasteiger partial charge >= 0.3 is 0 Å². The van der Waals surface area contributed by atoms with Crippen LogP contribution in [0.5, 0.6) is 0 Å². The number of hydrogen-bond acceptors (Lipinski definition) is 4. The standard InChI is InChI=1S/C15H14BrN3S/c1-19(8-10-6-14(16)20-9-10)13-3-2-11-7-18-5-4-12(11)15(13)17/h2-7,9H,8,17H2,1H3. The lowest BCUT2D eigenvalue weighted by atomic mass is 10.1. The van der Waals surface area contributed by atoms with Gasteiger partial charge in [-0.3, -0.25) is 4.98 Å². The fourth-order valence-corrected chi connectivity index (χ4v) is 3.50. The molecule has 0 spiro atoms. The molecule has 0 saturated carbocycles. The Bertz CT molecular complexity index is 754. The Balaban J connectivity index is 1.95. The highest BCUT2D eigenvalue weighted by molar-refractivity contribution is 9.11. The van der Waals surface area contributed by atoms with E-state index < -0.39 is 0 Å². The third-order valence-corrected chi connectivity index (χ3v) is 4.84. The second-order valence-corrected chi connectivity index (χ2v) is 7.00. The Morgan fingerprint density at radius 1 is 1.35 bits per heavy atom. The molecular formula is C15H14BrN3S. The summed E-state index contributed by atoms with van der Waals surface area (Å²) in [5.74, 6) is 0. The van der Waals surface area contributed by atoms with Crippen molar-refractivity contribution in [1.29, 1.82) is 0 Å². The molecule has 2 heterocycles. The second-order valence-electron chi connectivity index (χ2n) is 4.71.